The summed E-state index contributed by atoms with van der Waals surface area (Å²) in [5.41, 5.74) is 2.12. The second-order valence-corrected chi connectivity index (χ2v) is 6.50. The van der Waals surface area contributed by atoms with Gasteiger partial charge in [-0.2, -0.15) is 0 Å². The third-order valence-electron chi connectivity index (χ3n) is 2.99. The molecule has 102 valence electrons. The SMILES string of the molecule is CS(=O)(=O)c1ccc(-c2nc3ccccc3[nH]2)cc1F. The van der Waals surface area contributed by atoms with Crippen LogP contribution in [0.25, 0.3) is 22.4 Å². The zero-order chi connectivity index (χ0) is 14.3. The van der Waals surface area contributed by atoms with Crippen molar-refractivity contribution in [3.8, 4) is 11.4 Å². The summed E-state index contributed by atoms with van der Waals surface area (Å²) in [6.45, 7) is 0. The maximum Gasteiger partial charge on any atom is 0.178 e. The highest BCUT2D eigenvalue weighted by atomic mass is 32.2. The lowest BCUT2D eigenvalue weighted by Gasteiger charge is -2.02. The number of nitrogens with zero attached hydrogens (tertiary/aromatic N) is 1. The van der Waals surface area contributed by atoms with Gasteiger partial charge in [-0.05, 0) is 30.3 Å². The van der Waals surface area contributed by atoms with Crippen LogP contribution in [0.3, 0.4) is 0 Å². The molecular weight excluding hydrogens is 279 g/mol. The number of imidazole rings is 1. The van der Waals surface area contributed by atoms with Crippen LogP contribution in [0.4, 0.5) is 4.39 Å². The number of rotatable bonds is 2. The number of nitrogens with one attached hydrogen (secondary N) is 1. The molecule has 0 aliphatic carbocycles. The summed E-state index contributed by atoms with van der Waals surface area (Å²) in [7, 11) is -3.56. The molecule has 0 radical (unpaired) electrons. The van der Waals surface area contributed by atoms with E-state index in [0.717, 1.165) is 17.3 Å². The Labute approximate surface area is 115 Å². The number of fused-ring (bicyclic) bond motifs is 1. The van der Waals surface area contributed by atoms with E-state index >= 15 is 0 Å². The van der Waals surface area contributed by atoms with Gasteiger partial charge in [-0.25, -0.2) is 17.8 Å². The first-order valence-corrected chi connectivity index (χ1v) is 7.79. The zero-order valence-electron chi connectivity index (χ0n) is 10.6. The summed E-state index contributed by atoms with van der Waals surface area (Å²) >= 11 is 0. The summed E-state index contributed by atoms with van der Waals surface area (Å²) in [5.74, 6) is -0.268. The van der Waals surface area contributed by atoms with Gasteiger partial charge in [-0.3, -0.25) is 0 Å². The van der Waals surface area contributed by atoms with Crippen molar-refractivity contribution >= 4 is 20.9 Å². The molecule has 0 atom stereocenters. The predicted molar refractivity (Wildman–Crippen MR) is 74.6 cm³/mol. The van der Waals surface area contributed by atoms with E-state index in [4.69, 9.17) is 0 Å². The molecule has 0 saturated heterocycles. The molecule has 6 heteroatoms. The molecule has 3 aromatic rings. The van der Waals surface area contributed by atoms with Gasteiger partial charge in [0.05, 0.1) is 11.0 Å². The number of benzene rings is 2. The Balaban J connectivity index is 2.13. The molecule has 2 aromatic carbocycles. The molecule has 0 unspecified atom stereocenters. The number of hydrogen-bond acceptors (Lipinski definition) is 3. The molecule has 1 aromatic heterocycles. The van der Waals surface area contributed by atoms with E-state index in [2.05, 4.69) is 9.97 Å². The molecule has 1 heterocycles. The van der Waals surface area contributed by atoms with E-state index in [0.29, 0.717) is 11.4 Å². The van der Waals surface area contributed by atoms with Crippen LogP contribution in [-0.2, 0) is 9.84 Å². The van der Waals surface area contributed by atoms with Gasteiger partial charge in [0.2, 0.25) is 0 Å². The fourth-order valence-corrected chi connectivity index (χ4v) is 2.77. The molecule has 0 aliphatic rings. The number of aromatic amines is 1. The normalized spacial score (nSPS) is 11.9. The fourth-order valence-electron chi connectivity index (χ4n) is 2.04. The first-order valence-electron chi connectivity index (χ1n) is 5.90. The maximum atomic E-state index is 13.9. The highest BCUT2D eigenvalue weighted by Crippen LogP contribution is 2.24. The highest BCUT2D eigenvalue weighted by molar-refractivity contribution is 7.90. The summed E-state index contributed by atoms with van der Waals surface area (Å²) in [4.78, 5) is 7.11. The number of para-hydroxylation sites is 2. The van der Waals surface area contributed by atoms with E-state index in [1.54, 1.807) is 0 Å². The van der Waals surface area contributed by atoms with Crippen LogP contribution in [0, 0.1) is 5.82 Å². The topological polar surface area (TPSA) is 62.8 Å². The van der Waals surface area contributed by atoms with Gasteiger partial charge < -0.3 is 4.98 Å². The van der Waals surface area contributed by atoms with E-state index in [1.807, 2.05) is 24.3 Å². The first-order chi connectivity index (χ1) is 9.45. The molecule has 4 nitrogen and oxygen atoms in total. The molecule has 0 amide bonds. The monoisotopic (exact) mass is 290 g/mol. The van der Waals surface area contributed by atoms with Crippen molar-refractivity contribution in [2.75, 3.05) is 6.26 Å². The van der Waals surface area contributed by atoms with Crippen molar-refractivity contribution in [2.45, 2.75) is 4.90 Å². The lowest BCUT2D eigenvalue weighted by molar-refractivity contribution is 0.571. The first kappa shape index (κ1) is 12.8. The number of H-pyrrole nitrogens is 1. The van der Waals surface area contributed by atoms with Crippen LogP contribution < -0.4 is 0 Å². The third-order valence-corrected chi connectivity index (χ3v) is 4.12. The lowest BCUT2D eigenvalue weighted by atomic mass is 10.2. The van der Waals surface area contributed by atoms with Crippen LogP contribution in [0.5, 0.6) is 0 Å². The van der Waals surface area contributed by atoms with Gasteiger partial charge in [0.15, 0.2) is 9.84 Å². The lowest BCUT2D eigenvalue weighted by Crippen LogP contribution is -2.00. The minimum atomic E-state index is -3.56. The van der Waals surface area contributed by atoms with Crippen molar-refractivity contribution < 1.29 is 12.8 Å². The molecule has 0 aliphatic heterocycles. The molecule has 0 spiro atoms. The Bertz CT molecular complexity index is 867. The fraction of sp³-hybridized carbons (Fsp3) is 0.0714. The van der Waals surface area contributed by atoms with Crippen LogP contribution in [-0.4, -0.2) is 24.6 Å². The summed E-state index contributed by atoms with van der Waals surface area (Å²) in [5, 5.41) is 0. The van der Waals surface area contributed by atoms with Crippen LogP contribution in [0.1, 0.15) is 0 Å². The van der Waals surface area contributed by atoms with Crippen LogP contribution >= 0.6 is 0 Å². The number of aromatic nitrogens is 2. The maximum absolute atomic E-state index is 13.9. The Morgan fingerprint density at radius 1 is 1.15 bits per heavy atom. The minimum absolute atomic E-state index is 0.308. The van der Waals surface area contributed by atoms with Crippen molar-refractivity contribution in [1.29, 1.82) is 0 Å². The molecule has 1 N–H and O–H groups in total. The predicted octanol–water partition coefficient (Wildman–Crippen LogP) is 2.77. The van der Waals surface area contributed by atoms with Gasteiger partial charge in [0.1, 0.15) is 16.5 Å². The van der Waals surface area contributed by atoms with Gasteiger partial charge >= 0.3 is 0 Å². The second kappa shape index (κ2) is 4.42. The van der Waals surface area contributed by atoms with E-state index in [9.17, 15) is 12.8 Å². The quantitative estimate of drug-likeness (QED) is 0.789. The van der Waals surface area contributed by atoms with E-state index in [1.165, 1.54) is 18.2 Å². The third kappa shape index (κ3) is 2.18. The average molecular weight is 290 g/mol. The Kier molecular flexibility index (Phi) is 2.83. The molecule has 20 heavy (non-hydrogen) atoms. The van der Waals surface area contributed by atoms with Crippen molar-refractivity contribution in [2.24, 2.45) is 0 Å². The van der Waals surface area contributed by atoms with Gasteiger partial charge in [-0.1, -0.05) is 12.1 Å². The van der Waals surface area contributed by atoms with Crippen LogP contribution in [0.2, 0.25) is 0 Å². The molecule has 0 bridgehead atoms. The summed E-state index contributed by atoms with van der Waals surface area (Å²) in [6.07, 6.45) is 0.978. The van der Waals surface area contributed by atoms with Crippen LogP contribution in [0.15, 0.2) is 47.4 Å². The number of sulfone groups is 1. The van der Waals surface area contributed by atoms with E-state index in [-0.39, 0.29) is 4.90 Å². The van der Waals surface area contributed by atoms with Gasteiger partial charge in [-0.15, -0.1) is 0 Å². The van der Waals surface area contributed by atoms with E-state index < -0.39 is 15.7 Å². The standard InChI is InChI=1S/C14H11FN2O2S/c1-20(18,19)13-7-6-9(8-10(13)15)14-16-11-4-2-3-5-12(11)17-14/h2-8H,1H3,(H,16,17). The van der Waals surface area contributed by atoms with Gasteiger partial charge in [0.25, 0.3) is 0 Å². The molecule has 0 saturated carbocycles. The van der Waals surface area contributed by atoms with Crippen molar-refractivity contribution in [3.05, 3.63) is 48.3 Å². The summed E-state index contributed by atoms with van der Waals surface area (Å²) < 4.78 is 36.6. The average Bonchev–Trinajstić information content (AvgIpc) is 2.80. The zero-order valence-corrected chi connectivity index (χ0v) is 11.4. The minimum Gasteiger partial charge on any atom is -0.338 e. The second-order valence-electron chi connectivity index (χ2n) is 4.52. The number of halogens is 1. The van der Waals surface area contributed by atoms with Crippen molar-refractivity contribution in [1.82, 2.24) is 9.97 Å². The molecule has 3 rings (SSSR count). The highest BCUT2D eigenvalue weighted by Gasteiger charge is 2.15. The Morgan fingerprint density at radius 2 is 1.90 bits per heavy atom. The summed E-state index contributed by atoms with van der Waals surface area (Å²) in [6, 6.07) is 11.4. The Morgan fingerprint density at radius 3 is 2.55 bits per heavy atom. The largest absolute Gasteiger partial charge is 0.338 e. The molecular formula is C14H11FN2O2S. The van der Waals surface area contributed by atoms with Crippen molar-refractivity contribution in [3.63, 3.8) is 0 Å². The number of hydrogen-bond donors (Lipinski definition) is 1. The van der Waals surface area contributed by atoms with Gasteiger partial charge in [0, 0.05) is 11.8 Å². The molecule has 0 fully saturated rings. The smallest absolute Gasteiger partial charge is 0.178 e. The Hall–Kier alpha value is -2.21.